The van der Waals surface area contributed by atoms with Crippen LogP contribution in [-0.2, 0) is 6.61 Å². The Morgan fingerprint density at radius 1 is 1.17 bits per heavy atom. The molecule has 0 spiro atoms. The summed E-state index contributed by atoms with van der Waals surface area (Å²) >= 11 is 0. The quantitative estimate of drug-likeness (QED) is 0.832. The number of hydrogen-bond donors (Lipinski definition) is 1. The van der Waals surface area contributed by atoms with Gasteiger partial charge in [0.25, 0.3) is 0 Å². The molecule has 2 aliphatic rings. The predicted molar refractivity (Wildman–Crippen MR) is 69.4 cm³/mol. The first-order valence-corrected chi connectivity index (χ1v) is 6.77. The van der Waals surface area contributed by atoms with Crippen molar-refractivity contribution in [1.82, 2.24) is 14.9 Å². The topological polar surface area (TPSA) is 52.5 Å². The van der Waals surface area contributed by atoms with Gasteiger partial charge < -0.3 is 10.0 Å². The van der Waals surface area contributed by atoms with Crippen LogP contribution in [0.2, 0.25) is 0 Å². The molecule has 0 bridgehead atoms. The fourth-order valence-corrected chi connectivity index (χ4v) is 3.01. The maximum absolute atomic E-state index is 8.98. The Balaban J connectivity index is 1.74. The summed E-state index contributed by atoms with van der Waals surface area (Å²) in [6.45, 7) is 4.55. The second-order valence-electron chi connectivity index (χ2n) is 5.16. The van der Waals surface area contributed by atoms with Gasteiger partial charge in [0.15, 0.2) is 0 Å². The third-order valence-corrected chi connectivity index (χ3v) is 3.98. The van der Waals surface area contributed by atoms with Crippen molar-refractivity contribution in [3.8, 4) is 0 Å². The molecule has 1 unspecified atom stereocenters. The highest BCUT2D eigenvalue weighted by Gasteiger charge is 2.29. The average Bonchev–Trinajstić information content (AvgIpc) is 2.76. The molecule has 1 aromatic heterocycles. The summed E-state index contributed by atoms with van der Waals surface area (Å²) in [4.78, 5) is 13.6. The number of anilines is 1. The predicted octanol–water partition coefficient (Wildman–Crippen LogP) is 0.643. The molecule has 3 rings (SSSR count). The molecular weight excluding hydrogens is 228 g/mol. The van der Waals surface area contributed by atoms with E-state index in [1.807, 2.05) is 0 Å². The fourth-order valence-electron chi connectivity index (χ4n) is 3.01. The molecule has 0 amide bonds. The largest absolute Gasteiger partial charge is 0.390 e. The van der Waals surface area contributed by atoms with E-state index >= 15 is 0 Å². The minimum Gasteiger partial charge on any atom is -0.390 e. The maximum atomic E-state index is 8.98. The lowest BCUT2D eigenvalue weighted by Gasteiger charge is -2.26. The molecule has 0 aromatic carbocycles. The van der Waals surface area contributed by atoms with Crippen molar-refractivity contribution in [3.05, 3.63) is 18.1 Å². The minimum absolute atomic E-state index is 0.0380. The Labute approximate surface area is 107 Å². The Morgan fingerprint density at radius 2 is 2.06 bits per heavy atom. The Bertz CT molecular complexity index is 394. The molecule has 98 valence electrons. The highest BCUT2D eigenvalue weighted by molar-refractivity contribution is 5.36. The Kier molecular flexibility index (Phi) is 3.43. The third kappa shape index (κ3) is 2.33. The summed E-state index contributed by atoms with van der Waals surface area (Å²) in [5.74, 6) is 0.945. The number of aliphatic hydroxyl groups excluding tert-OH is 1. The van der Waals surface area contributed by atoms with Crippen LogP contribution < -0.4 is 4.90 Å². The highest BCUT2D eigenvalue weighted by Crippen LogP contribution is 2.23. The van der Waals surface area contributed by atoms with Gasteiger partial charge in [0.1, 0.15) is 5.82 Å². The van der Waals surface area contributed by atoms with Crippen LogP contribution in [0.15, 0.2) is 12.4 Å². The number of aromatic nitrogens is 2. The SMILES string of the molecule is OCc1cnc(N2CCCN3CCCC3C2)cn1. The van der Waals surface area contributed by atoms with Gasteiger partial charge in [0, 0.05) is 25.7 Å². The highest BCUT2D eigenvalue weighted by atomic mass is 16.3. The smallest absolute Gasteiger partial charge is 0.147 e. The zero-order valence-corrected chi connectivity index (χ0v) is 10.6. The van der Waals surface area contributed by atoms with Crippen LogP contribution in [0.4, 0.5) is 5.82 Å². The van der Waals surface area contributed by atoms with Crippen molar-refractivity contribution in [3.63, 3.8) is 0 Å². The molecule has 0 radical (unpaired) electrons. The molecule has 2 aliphatic heterocycles. The van der Waals surface area contributed by atoms with Crippen LogP contribution in [-0.4, -0.2) is 52.2 Å². The number of nitrogens with zero attached hydrogens (tertiary/aromatic N) is 4. The normalized spacial score (nSPS) is 24.9. The van der Waals surface area contributed by atoms with Gasteiger partial charge in [0.05, 0.1) is 24.7 Å². The second-order valence-corrected chi connectivity index (χ2v) is 5.16. The van der Waals surface area contributed by atoms with Gasteiger partial charge in [-0.05, 0) is 25.8 Å². The van der Waals surface area contributed by atoms with Crippen molar-refractivity contribution in [2.75, 3.05) is 31.1 Å². The molecule has 1 N–H and O–H groups in total. The average molecular weight is 248 g/mol. The monoisotopic (exact) mass is 248 g/mol. The first-order chi connectivity index (χ1) is 8.86. The zero-order valence-electron chi connectivity index (χ0n) is 10.6. The molecule has 5 nitrogen and oxygen atoms in total. The van der Waals surface area contributed by atoms with E-state index < -0.39 is 0 Å². The molecule has 0 aliphatic carbocycles. The molecule has 2 fully saturated rings. The molecule has 0 saturated carbocycles. The lowest BCUT2D eigenvalue weighted by atomic mass is 10.2. The molecular formula is C13H20N4O. The van der Waals surface area contributed by atoms with Crippen LogP contribution in [0.3, 0.4) is 0 Å². The Hall–Kier alpha value is -1.20. The molecule has 3 heterocycles. The van der Waals surface area contributed by atoms with E-state index in [-0.39, 0.29) is 6.61 Å². The van der Waals surface area contributed by atoms with E-state index in [2.05, 4.69) is 19.8 Å². The van der Waals surface area contributed by atoms with Crippen LogP contribution in [0.1, 0.15) is 25.0 Å². The van der Waals surface area contributed by atoms with E-state index in [9.17, 15) is 0 Å². The molecule has 2 saturated heterocycles. The summed E-state index contributed by atoms with van der Waals surface area (Å²) in [7, 11) is 0. The van der Waals surface area contributed by atoms with Gasteiger partial charge in [-0.1, -0.05) is 0 Å². The van der Waals surface area contributed by atoms with Crippen molar-refractivity contribution >= 4 is 5.82 Å². The molecule has 5 heteroatoms. The number of fused-ring (bicyclic) bond motifs is 1. The van der Waals surface area contributed by atoms with Crippen molar-refractivity contribution in [2.45, 2.75) is 31.9 Å². The second kappa shape index (κ2) is 5.20. The lowest BCUT2D eigenvalue weighted by molar-refractivity contribution is 0.273. The van der Waals surface area contributed by atoms with E-state index in [4.69, 9.17) is 5.11 Å². The third-order valence-electron chi connectivity index (χ3n) is 3.98. The van der Waals surface area contributed by atoms with Gasteiger partial charge in [-0.25, -0.2) is 4.98 Å². The zero-order chi connectivity index (χ0) is 12.4. The van der Waals surface area contributed by atoms with E-state index in [1.54, 1.807) is 12.4 Å². The first-order valence-electron chi connectivity index (χ1n) is 6.77. The Morgan fingerprint density at radius 3 is 2.83 bits per heavy atom. The number of aliphatic hydroxyl groups is 1. The standard InChI is InChI=1S/C13H20N4O/c18-10-11-7-15-13(8-14-11)17-6-2-5-16-4-1-3-12(16)9-17/h7-8,12,18H,1-6,9-10H2. The van der Waals surface area contributed by atoms with E-state index in [0.29, 0.717) is 11.7 Å². The summed E-state index contributed by atoms with van der Waals surface area (Å²) in [5.41, 5.74) is 0.635. The molecule has 18 heavy (non-hydrogen) atoms. The van der Waals surface area contributed by atoms with Gasteiger partial charge in [-0.2, -0.15) is 0 Å². The first kappa shape index (κ1) is 11.9. The fraction of sp³-hybridized carbons (Fsp3) is 0.692. The van der Waals surface area contributed by atoms with E-state index in [1.165, 1.54) is 32.4 Å². The minimum atomic E-state index is -0.0380. The van der Waals surface area contributed by atoms with Crippen molar-refractivity contribution in [2.24, 2.45) is 0 Å². The van der Waals surface area contributed by atoms with E-state index in [0.717, 1.165) is 18.9 Å². The summed E-state index contributed by atoms with van der Waals surface area (Å²) in [6.07, 6.45) is 7.29. The molecule has 1 atom stereocenters. The van der Waals surface area contributed by atoms with Gasteiger partial charge in [-0.15, -0.1) is 0 Å². The number of rotatable bonds is 2. The van der Waals surface area contributed by atoms with Crippen LogP contribution in [0.5, 0.6) is 0 Å². The van der Waals surface area contributed by atoms with Gasteiger partial charge in [-0.3, -0.25) is 9.88 Å². The lowest BCUT2D eigenvalue weighted by Crippen LogP contribution is -2.37. The van der Waals surface area contributed by atoms with Crippen LogP contribution in [0.25, 0.3) is 0 Å². The maximum Gasteiger partial charge on any atom is 0.147 e. The van der Waals surface area contributed by atoms with Crippen molar-refractivity contribution < 1.29 is 5.11 Å². The van der Waals surface area contributed by atoms with Crippen LogP contribution in [0, 0.1) is 0 Å². The van der Waals surface area contributed by atoms with Crippen molar-refractivity contribution in [1.29, 1.82) is 0 Å². The summed E-state index contributed by atoms with van der Waals surface area (Å²) in [5, 5.41) is 8.98. The summed E-state index contributed by atoms with van der Waals surface area (Å²) in [6, 6.07) is 0.687. The molecule has 1 aromatic rings. The summed E-state index contributed by atoms with van der Waals surface area (Å²) < 4.78 is 0. The van der Waals surface area contributed by atoms with Gasteiger partial charge >= 0.3 is 0 Å². The van der Waals surface area contributed by atoms with Crippen LogP contribution >= 0.6 is 0 Å². The van der Waals surface area contributed by atoms with Gasteiger partial charge in [0.2, 0.25) is 0 Å². The number of hydrogen-bond acceptors (Lipinski definition) is 5.